The molecule has 0 aliphatic carbocycles. The van der Waals surface area contributed by atoms with Crippen LogP contribution in [0.1, 0.15) is 31.1 Å². The number of H-pyrrole nitrogens is 1. The van der Waals surface area contributed by atoms with E-state index in [0.29, 0.717) is 15.9 Å². The molecule has 0 amide bonds. The Labute approximate surface area is 91.2 Å². The number of nitrogens with zero attached hydrogens (tertiary/aromatic N) is 1. The van der Waals surface area contributed by atoms with Crippen LogP contribution in [0.2, 0.25) is 0 Å². The fourth-order valence-electron chi connectivity index (χ4n) is 0.622. The molecule has 5 heteroatoms. The third-order valence-corrected chi connectivity index (χ3v) is 1.91. The lowest BCUT2D eigenvalue weighted by Gasteiger charge is -1.97. The fraction of sp³-hybridized carbons (Fsp3) is 0.500. The molecule has 74 valence electrons. The first-order chi connectivity index (χ1) is 6.25. The normalized spacial score (nSPS) is 8.62. The van der Waals surface area contributed by atoms with Gasteiger partial charge in [0.05, 0.1) is 12.8 Å². The first-order valence-corrected chi connectivity index (χ1v) is 5.19. The molecule has 0 fully saturated rings. The molecule has 0 unspecified atom stereocenters. The van der Waals surface area contributed by atoms with Crippen molar-refractivity contribution in [1.82, 2.24) is 10.2 Å². The van der Waals surface area contributed by atoms with Gasteiger partial charge in [-0.15, -0.1) is 0 Å². The van der Waals surface area contributed by atoms with Crippen LogP contribution in [0.25, 0.3) is 0 Å². The van der Waals surface area contributed by atoms with E-state index < -0.39 is 0 Å². The second-order valence-corrected chi connectivity index (χ2v) is 2.90. The van der Waals surface area contributed by atoms with Gasteiger partial charge in [0, 0.05) is 0 Å². The summed E-state index contributed by atoms with van der Waals surface area (Å²) in [5.74, 6) is -0.328. The third kappa shape index (κ3) is 3.75. The Balaban J connectivity index is 0.000000671. The minimum absolute atomic E-state index is 0.328. The topological polar surface area (TPSA) is 55.0 Å². The minimum atomic E-state index is -0.328. The van der Waals surface area contributed by atoms with E-state index in [1.165, 1.54) is 6.20 Å². The molecule has 0 bridgehead atoms. The van der Waals surface area contributed by atoms with Crippen LogP contribution >= 0.6 is 22.6 Å². The molecule has 1 aromatic rings. The summed E-state index contributed by atoms with van der Waals surface area (Å²) >= 11 is 1.99. The molecule has 1 N–H and O–H groups in total. The standard InChI is InChI=1S/C6H7IN2O2.C2H6/c1-2-11-6(10)4-3-8-9-5(4)7;1-2/h3H,2H2,1H3,(H,8,9);1-2H3. The number of ether oxygens (including phenoxy) is 1. The SMILES string of the molecule is CC.CCOC(=O)c1cn[nH]c1I. The molecule has 1 rings (SSSR count). The average Bonchev–Trinajstić information content (AvgIpc) is 2.55. The van der Waals surface area contributed by atoms with Crippen molar-refractivity contribution in [2.24, 2.45) is 0 Å². The van der Waals surface area contributed by atoms with Gasteiger partial charge >= 0.3 is 5.97 Å². The Kier molecular flexibility index (Phi) is 6.56. The summed E-state index contributed by atoms with van der Waals surface area (Å²) in [5, 5.41) is 6.34. The number of rotatable bonds is 2. The van der Waals surface area contributed by atoms with Crippen molar-refractivity contribution in [2.75, 3.05) is 6.61 Å². The zero-order chi connectivity index (χ0) is 10.3. The van der Waals surface area contributed by atoms with Crippen LogP contribution < -0.4 is 0 Å². The second kappa shape index (κ2) is 6.88. The van der Waals surface area contributed by atoms with Crippen molar-refractivity contribution in [1.29, 1.82) is 0 Å². The molecular formula is C8H13IN2O2. The summed E-state index contributed by atoms with van der Waals surface area (Å²) in [7, 11) is 0. The summed E-state index contributed by atoms with van der Waals surface area (Å²) in [6.45, 7) is 6.16. The van der Waals surface area contributed by atoms with E-state index in [4.69, 9.17) is 4.74 Å². The molecule has 0 saturated carbocycles. The molecule has 0 saturated heterocycles. The lowest BCUT2D eigenvalue weighted by Crippen LogP contribution is -2.04. The smallest absolute Gasteiger partial charge is 0.342 e. The maximum absolute atomic E-state index is 11.0. The van der Waals surface area contributed by atoms with E-state index in [-0.39, 0.29) is 5.97 Å². The molecule has 0 aromatic carbocycles. The predicted molar refractivity (Wildman–Crippen MR) is 58.6 cm³/mol. The second-order valence-electron chi connectivity index (χ2n) is 1.82. The van der Waals surface area contributed by atoms with Crippen LogP contribution in [0.15, 0.2) is 6.20 Å². The van der Waals surface area contributed by atoms with E-state index in [1.807, 2.05) is 36.4 Å². The zero-order valence-corrected chi connectivity index (χ0v) is 10.1. The first-order valence-electron chi connectivity index (χ1n) is 4.11. The number of esters is 1. The number of nitrogens with one attached hydrogen (secondary N) is 1. The average molecular weight is 296 g/mol. The van der Waals surface area contributed by atoms with Crippen LogP contribution in [-0.2, 0) is 4.74 Å². The summed E-state index contributed by atoms with van der Waals surface area (Å²) in [6.07, 6.45) is 1.46. The van der Waals surface area contributed by atoms with Gasteiger partial charge in [0.2, 0.25) is 0 Å². The molecule has 1 aromatic heterocycles. The quantitative estimate of drug-likeness (QED) is 0.672. The molecule has 0 atom stereocenters. The molecule has 13 heavy (non-hydrogen) atoms. The number of halogens is 1. The zero-order valence-electron chi connectivity index (χ0n) is 7.93. The van der Waals surface area contributed by atoms with Crippen molar-refractivity contribution >= 4 is 28.6 Å². The molecule has 0 spiro atoms. The summed E-state index contributed by atoms with van der Waals surface area (Å²) in [5.41, 5.74) is 0.493. The largest absolute Gasteiger partial charge is 0.462 e. The summed E-state index contributed by atoms with van der Waals surface area (Å²) in [6, 6.07) is 0. The van der Waals surface area contributed by atoms with Gasteiger partial charge in [0.25, 0.3) is 0 Å². The molecular weight excluding hydrogens is 283 g/mol. The van der Waals surface area contributed by atoms with Crippen LogP contribution in [0, 0.1) is 3.70 Å². The van der Waals surface area contributed by atoms with E-state index in [2.05, 4.69) is 10.2 Å². The van der Waals surface area contributed by atoms with Crippen LogP contribution in [0.5, 0.6) is 0 Å². The number of aromatic nitrogens is 2. The number of hydrogen-bond donors (Lipinski definition) is 1. The minimum Gasteiger partial charge on any atom is -0.462 e. The Morgan fingerprint density at radius 3 is 2.69 bits per heavy atom. The lowest BCUT2D eigenvalue weighted by molar-refractivity contribution is 0.0525. The van der Waals surface area contributed by atoms with Crippen molar-refractivity contribution in [3.05, 3.63) is 15.5 Å². The molecule has 0 aliphatic rings. The number of carbonyl (C=O) groups excluding carboxylic acids is 1. The van der Waals surface area contributed by atoms with Crippen molar-refractivity contribution < 1.29 is 9.53 Å². The molecule has 4 nitrogen and oxygen atoms in total. The monoisotopic (exact) mass is 296 g/mol. The number of aromatic amines is 1. The first kappa shape index (κ1) is 12.4. The molecule has 1 heterocycles. The van der Waals surface area contributed by atoms with E-state index in [0.717, 1.165) is 0 Å². The van der Waals surface area contributed by atoms with Gasteiger partial charge in [-0.3, -0.25) is 5.10 Å². The van der Waals surface area contributed by atoms with Gasteiger partial charge in [0.1, 0.15) is 9.26 Å². The highest BCUT2D eigenvalue weighted by atomic mass is 127. The summed E-state index contributed by atoms with van der Waals surface area (Å²) < 4.78 is 5.47. The van der Waals surface area contributed by atoms with Crippen molar-refractivity contribution in [2.45, 2.75) is 20.8 Å². The number of hydrogen-bond acceptors (Lipinski definition) is 3. The highest BCUT2D eigenvalue weighted by molar-refractivity contribution is 14.1. The highest BCUT2D eigenvalue weighted by Gasteiger charge is 2.11. The molecule has 0 aliphatic heterocycles. The van der Waals surface area contributed by atoms with Gasteiger partial charge in [-0.2, -0.15) is 5.10 Å². The van der Waals surface area contributed by atoms with Crippen molar-refractivity contribution in [3.63, 3.8) is 0 Å². The van der Waals surface area contributed by atoms with Crippen molar-refractivity contribution in [3.8, 4) is 0 Å². The van der Waals surface area contributed by atoms with Gasteiger partial charge in [-0.1, -0.05) is 13.8 Å². The maximum atomic E-state index is 11.0. The van der Waals surface area contributed by atoms with Gasteiger partial charge < -0.3 is 4.74 Å². The van der Waals surface area contributed by atoms with Crippen LogP contribution in [0.3, 0.4) is 0 Å². The van der Waals surface area contributed by atoms with E-state index >= 15 is 0 Å². The van der Waals surface area contributed by atoms with Gasteiger partial charge in [0.15, 0.2) is 0 Å². The number of carbonyl (C=O) groups is 1. The van der Waals surface area contributed by atoms with Crippen LogP contribution in [0.4, 0.5) is 0 Å². The highest BCUT2D eigenvalue weighted by Crippen LogP contribution is 2.08. The fourth-order valence-corrected chi connectivity index (χ4v) is 1.12. The summed E-state index contributed by atoms with van der Waals surface area (Å²) in [4.78, 5) is 11.0. The van der Waals surface area contributed by atoms with E-state index in [1.54, 1.807) is 6.92 Å². The van der Waals surface area contributed by atoms with E-state index in [9.17, 15) is 4.79 Å². The Morgan fingerprint density at radius 1 is 1.69 bits per heavy atom. The van der Waals surface area contributed by atoms with Gasteiger partial charge in [-0.05, 0) is 29.5 Å². The lowest BCUT2D eigenvalue weighted by atomic mass is 10.4. The Bertz CT molecular complexity index is 260. The van der Waals surface area contributed by atoms with Gasteiger partial charge in [-0.25, -0.2) is 4.79 Å². The third-order valence-electron chi connectivity index (χ3n) is 1.09. The predicted octanol–water partition coefficient (Wildman–Crippen LogP) is 2.22. The Morgan fingerprint density at radius 2 is 2.31 bits per heavy atom. The van der Waals surface area contributed by atoms with Crippen LogP contribution in [-0.4, -0.2) is 22.8 Å². The maximum Gasteiger partial charge on any atom is 0.342 e. The molecule has 0 radical (unpaired) electrons. The Hall–Kier alpha value is -0.590.